The molecule has 0 aliphatic rings. The fourth-order valence-electron chi connectivity index (χ4n) is 3.46. The molecule has 1 unspecified atom stereocenters. The van der Waals surface area contributed by atoms with E-state index < -0.39 is 46.1 Å². The minimum absolute atomic E-state index is 0.00906. The Hall–Kier alpha value is -3.47. The molecule has 10 nitrogen and oxygen atoms in total. The van der Waals surface area contributed by atoms with E-state index >= 15 is 0 Å². The summed E-state index contributed by atoms with van der Waals surface area (Å²) in [5, 5.41) is 22.5. The molecule has 0 saturated heterocycles. The van der Waals surface area contributed by atoms with E-state index in [1.807, 2.05) is 13.8 Å². The summed E-state index contributed by atoms with van der Waals surface area (Å²) in [6.45, 7) is 10.3. The van der Waals surface area contributed by atoms with Crippen molar-refractivity contribution in [2.75, 3.05) is 13.7 Å². The summed E-state index contributed by atoms with van der Waals surface area (Å²) < 4.78 is 19.0. The third kappa shape index (κ3) is 8.28. The van der Waals surface area contributed by atoms with Crippen LogP contribution in [0.3, 0.4) is 0 Å². The predicted octanol–water partition coefficient (Wildman–Crippen LogP) is 3.56. The summed E-state index contributed by atoms with van der Waals surface area (Å²) in [5.74, 6) is -2.09. The molecule has 0 bridgehead atoms. The minimum Gasteiger partial charge on any atom is -0.501 e. The van der Waals surface area contributed by atoms with Gasteiger partial charge in [-0.1, -0.05) is 26.0 Å². The van der Waals surface area contributed by atoms with Crippen molar-refractivity contribution in [1.29, 1.82) is 0 Å². The zero-order valence-electron chi connectivity index (χ0n) is 22.4. The molecule has 1 atom stereocenters. The van der Waals surface area contributed by atoms with Gasteiger partial charge in [0.25, 0.3) is 11.5 Å². The van der Waals surface area contributed by atoms with E-state index in [1.54, 1.807) is 33.8 Å². The highest BCUT2D eigenvalue weighted by Gasteiger charge is 2.31. The van der Waals surface area contributed by atoms with Crippen LogP contribution in [0.4, 0.5) is 9.18 Å². The van der Waals surface area contributed by atoms with E-state index in [0.29, 0.717) is 17.5 Å². The number of ether oxygens (including phenoxy) is 1. The quantitative estimate of drug-likeness (QED) is 0.396. The van der Waals surface area contributed by atoms with Crippen LogP contribution in [-0.2, 0) is 11.3 Å². The summed E-state index contributed by atoms with van der Waals surface area (Å²) in [6, 6.07) is 3.53. The Kier molecular flexibility index (Phi) is 9.43. The molecule has 11 heteroatoms. The van der Waals surface area contributed by atoms with Gasteiger partial charge in [-0.05, 0) is 63.1 Å². The molecule has 0 aliphatic heterocycles. The molecule has 4 N–H and O–H groups in total. The van der Waals surface area contributed by atoms with Crippen LogP contribution in [0.2, 0.25) is 0 Å². The highest BCUT2D eigenvalue weighted by molar-refractivity contribution is 5.94. The molecule has 1 heterocycles. The number of aryl methyl sites for hydroxylation is 1. The standard InChI is InChI=1S/C26H37FN4O6/c1-15-12-16(8-9-17(15)27)13-28-22(34)19-20(33)23(35)30-21(29-19)18(10-11-26(5,6)14-32)31(7)24(36)37-25(2,3)4/h8-9,12,18,32-33H,10-11,13-14H2,1-7H3,(H,28,34)(H,29,30,35). The fourth-order valence-corrected chi connectivity index (χ4v) is 3.46. The maximum Gasteiger partial charge on any atom is 0.410 e. The zero-order chi connectivity index (χ0) is 28.1. The summed E-state index contributed by atoms with van der Waals surface area (Å²) in [4.78, 5) is 46.2. The SMILES string of the molecule is Cc1cc(CNC(=O)c2nc(C(CCC(C)(C)CO)N(C)C(=O)OC(C)(C)C)[nH]c(=O)c2O)ccc1F. The number of carbonyl (C=O) groups excluding carboxylic acids is 2. The predicted molar refractivity (Wildman–Crippen MR) is 136 cm³/mol. The van der Waals surface area contributed by atoms with Crippen LogP contribution < -0.4 is 10.9 Å². The number of carbonyl (C=O) groups is 2. The molecule has 2 aromatic rings. The van der Waals surface area contributed by atoms with Gasteiger partial charge in [0.05, 0.1) is 6.04 Å². The Morgan fingerprint density at radius 2 is 1.89 bits per heavy atom. The van der Waals surface area contributed by atoms with Crippen molar-refractivity contribution in [3.63, 3.8) is 0 Å². The number of aromatic hydroxyl groups is 1. The first-order valence-electron chi connectivity index (χ1n) is 12.0. The number of aromatic nitrogens is 2. The molecule has 0 aliphatic carbocycles. The van der Waals surface area contributed by atoms with Crippen LogP contribution in [0.5, 0.6) is 5.75 Å². The van der Waals surface area contributed by atoms with Gasteiger partial charge in [0.15, 0.2) is 5.69 Å². The largest absolute Gasteiger partial charge is 0.501 e. The van der Waals surface area contributed by atoms with E-state index in [9.17, 15) is 29.0 Å². The molecule has 0 spiro atoms. The second-order valence-electron chi connectivity index (χ2n) is 10.9. The zero-order valence-corrected chi connectivity index (χ0v) is 22.4. The lowest BCUT2D eigenvalue weighted by molar-refractivity contribution is 0.0185. The van der Waals surface area contributed by atoms with Crippen LogP contribution in [0.1, 0.15) is 80.9 Å². The summed E-state index contributed by atoms with van der Waals surface area (Å²) in [6.07, 6.45) is 0.0392. The van der Waals surface area contributed by atoms with Crippen molar-refractivity contribution < 1.29 is 28.9 Å². The van der Waals surface area contributed by atoms with E-state index in [0.717, 1.165) is 0 Å². The summed E-state index contributed by atoms with van der Waals surface area (Å²) in [7, 11) is 1.48. The molecule has 204 valence electrons. The molecule has 0 saturated carbocycles. The molecule has 2 amide bonds. The van der Waals surface area contributed by atoms with Crippen molar-refractivity contribution in [1.82, 2.24) is 20.2 Å². The van der Waals surface area contributed by atoms with Crippen molar-refractivity contribution in [3.05, 3.63) is 57.0 Å². The van der Waals surface area contributed by atoms with Gasteiger partial charge in [-0.2, -0.15) is 0 Å². The first kappa shape index (κ1) is 29.8. The second kappa shape index (κ2) is 11.7. The number of rotatable bonds is 9. The normalized spacial score (nSPS) is 12.7. The summed E-state index contributed by atoms with van der Waals surface area (Å²) >= 11 is 0. The van der Waals surface area contributed by atoms with Gasteiger partial charge in [0.2, 0.25) is 5.75 Å². The van der Waals surface area contributed by atoms with Crippen LogP contribution in [0.15, 0.2) is 23.0 Å². The number of halogens is 1. The number of nitrogens with zero attached hydrogens (tertiary/aromatic N) is 2. The topological polar surface area (TPSA) is 145 Å². The number of aliphatic hydroxyl groups is 1. The summed E-state index contributed by atoms with van der Waals surface area (Å²) in [5.41, 5.74) is -1.70. The van der Waals surface area contributed by atoms with Crippen molar-refractivity contribution in [2.24, 2.45) is 5.41 Å². The van der Waals surface area contributed by atoms with E-state index in [4.69, 9.17) is 4.74 Å². The molecular formula is C26H37FN4O6. The Morgan fingerprint density at radius 3 is 2.46 bits per heavy atom. The number of nitrogens with one attached hydrogen (secondary N) is 2. The highest BCUT2D eigenvalue weighted by Crippen LogP contribution is 2.30. The fraction of sp³-hybridized carbons (Fsp3) is 0.538. The van der Waals surface area contributed by atoms with E-state index in [2.05, 4.69) is 15.3 Å². The van der Waals surface area contributed by atoms with Crippen molar-refractivity contribution in [3.8, 4) is 5.75 Å². The number of aromatic amines is 1. The van der Waals surface area contributed by atoms with Crippen LogP contribution in [0, 0.1) is 18.2 Å². The van der Waals surface area contributed by atoms with Gasteiger partial charge < -0.3 is 30.2 Å². The number of aliphatic hydroxyl groups excluding tert-OH is 1. The number of benzene rings is 1. The molecule has 37 heavy (non-hydrogen) atoms. The number of hydrogen-bond donors (Lipinski definition) is 4. The molecule has 0 radical (unpaired) electrons. The third-order valence-electron chi connectivity index (χ3n) is 5.79. The lowest BCUT2D eigenvalue weighted by Crippen LogP contribution is -2.39. The maximum atomic E-state index is 13.5. The lowest BCUT2D eigenvalue weighted by atomic mass is 9.87. The average Bonchev–Trinajstić information content (AvgIpc) is 2.80. The molecule has 1 aromatic heterocycles. The smallest absolute Gasteiger partial charge is 0.410 e. The Bertz CT molecular complexity index is 1190. The van der Waals surface area contributed by atoms with Gasteiger partial charge in [-0.15, -0.1) is 0 Å². The second-order valence-corrected chi connectivity index (χ2v) is 10.9. The van der Waals surface area contributed by atoms with Gasteiger partial charge in [-0.25, -0.2) is 14.2 Å². The highest BCUT2D eigenvalue weighted by atomic mass is 19.1. The molecule has 1 aromatic carbocycles. The monoisotopic (exact) mass is 520 g/mol. The Labute approximate surface area is 215 Å². The Morgan fingerprint density at radius 1 is 1.24 bits per heavy atom. The van der Waals surface area contributed by atoms with Gasteiger partial charge in [0.1, 0.15) is 17.2 Å². The van der Waals surface area contributed by atoms with E-state index in [1.165, 1.54) is 24.1 Å². The molecule has 2 rings (SSSR count). The Balaban J connectivity index is 2.40. The first-order valence-corrected chi connectivity index (χ1v) is 12.0. The van der Waals surface area contributed by atoms with Crippen molar-refractivity contribution in [2.45, 2.75) is 72.6 Å². The van der Waals surface area contributed by atoms with Crippen molar-refractivity contribution >= 4 is 12.0 Å². The number of amides is 2. The minimum atomic E-state index is -0.947. The van der Waals surface area contributed by atoms with Crippen LogP contribution >= 0.6 is 0 Å². The third-order valence-corrected chi connectivity index (χ3v) is 5.79. The van der Waals surface area contributed by atoms with Crippen LogP contribution in [0.25, 0.3) is 0 Å². The van der Waals surface area contributed by atoms with Gasteiger partial charge >= 0.3 is 6.09 Å². The maximum absolute atomic E-state index is 13.5. The van der Waals surface area contributed by atoms with Crippen LogP contribution in [-0.4, -0.2) is 56.3 Å². The molecule has 0 fully saturated rings. The first-order chi connectivity index (χ1) is 17.0. The molecular weight excluding hydrogens is 483 g/mol. The lowest BCUT2D eigenvalue weighted by Gasteiger charge is -2.32. The number of hydrogen-bond acceptors (Lipinski definition) is 7. The number of H-pyrrole nitrogens is 1. The van der Waals surface area contributed by atoms with E-state index in [-0.39, 0.29) is 31.2 Å². The van der Waals surface area contributed by atoms with Gasteiger partial charge in [0, 0.05) is 20.2 Å². The van der Waals surface area contributed by atoms with Gasteiger partial charge in [-0.3, -0.25) is 9.59 Å². The average molecular weight is 521 g/mol.